The van der Waals surface area contributed by atoms with Crippen LogP contribution in [0.4, 0.5) is 0 Å². The number of rotatable bonds is 4. The molecule has 1 aliphatic heterocycles. The molecule has 0 aliphatic carbocycles. The molecular formula is C11H21N3O2. The molecule has 2 atom stereocenters. The Kier molecular flexibility index (Phi) is 5.25. The maximum absolute atomic E-state index is 11.8. The highest BCUT2D eigenvalue weighted by atomic mass is 16.2. The van der Waals surface area contributed by atoms with Gasteiger partial charge in [0.15, 0.2) is 0 Å². The van der Waals surface area contributed by atoms with Gasteiger partial charge >= 0.3 is 0 Å². The summed E-state index contributed by atoms with van der Waals surface area (Å²) in [7, 11) is 1.59. The Balaban J connectivity index is 2.25. The summed E-state index contributed by atoms with van der Waals surface area (Å²) < 4.78 is 0. The maximum atomic E-state index is 11.8. The van der Waals surface area contributed by atoms with Crippen molar-refractivity contribution in [3.63, 3.8) is 0 Å². The Hall–Kier alpha value is -1.10. The third-order valence-electron chi connectivity index (χ3n) is 3.03. The van der Waals surface area contributed by atoms with Gasteiger partial charge in [-0.25, -0.2) is 0 Å². The van der Waals surface area contributed by atoms with Gasteiger partial charge in [0.2, 0.25) is 11.8 Å². The van der Waals surface area contributed by atoms with Crippen molar-refractivity contribution in [3.8, 4) is 0 Å². The highest BCUT2D eigenvalue weighted by molar-refractivity contribution is 5.81. The van der Waals surface area contributed by atoms with Gasteiger partial charge < -0.3 is 16.0 Å². The molecule has 2 amide bonds. The average molecular weight is 227 g/mol. The highest BCUT2D eigenvalue weighted by Gasteiger charge is 2.26. The number of hydrogen-bond acceptors (Lipinski definition) is 3. The predicted octanol–water partition coefficient (Wildman–Crippen LogP) is -0.373. The average Bonchev–Trinajstić information content (AvgIpc) is 2.29. The van der Waals surface area contributed by atoms with Crippen LogP contribution in [-0.4, -0.2) is 38.0 Å². The highest BCUT2D eigenvalue weighted by Crippen LogP contribution is 2.15. The fourth-order valence-corrected chi connectivity index (χ4v) is 1.96. The fourth-order valence-electron chi connectivity index (χ4n) is 1.96. The van der Waals surface area contributed by atoms with Crippen LogP contribution in [0.3, 0.4) is 0 Å². The number of hydrogen-bond donors (Lipinski definition) is 3. The lowest BCUT2D eigenvalue weighted by Gasteiger charge is -2.28. The Morgan fingerprint density at radius 2 is 2.19 bits per heavy atom. The van der Waals surface area contributed by atoms with Crippen molar-refractivity contribution < 1.29 is 9.59 Å². The summed E-state index contributed by atoms with van der Waals surface area (Å²) in [6.45, 7) is 3.44. The first-order chi connectivity index (χ1) is 7.65. The number of carbonyl (C=O) groups is 2. The van der Waals surface area contributed by atoms with E-state index in [4.69, 9.17) is 0 Å². The van der Waals surface area contributed by atoms with E-state index in [0.29, 0.717) is 13.0 Å². The van der Waals surface area contributed by atoms with Crippen molar-refractivity contribution in [2.75, 3.05) is 20.1 Å². The molecule has 0 aromatic heterocycles. The van der Waals surface area contributed by atoms with E-state index in [1.807, 2.05) is 6.92 Å². The standard InChI is InChI=1S/C11H21N3O2/c1-8-9(4-3-6-13-8)11(16)14-7-5-10(15)12-2/h8-9,13H,3-7H2,1-2H3,(H,12,15)(H,14,16). The Morgan fingerprint density at radius 3 is 2.81 bits per heavy atom. The summed E-state index contributed by atoms with van der Waals surface area (Å²) in [5.74, 6) is 0.0529. The van der Waals surface area contributed by atoms with Crippen molar-refractivity contribution >= 4 is 11.8 Å². The van der Waals surface area contributed by atoms with Crippen LogP contribution >= 0.6 is 0 Å². The van der Waals surface area contributed by atoms with E-state index in [0.717, 1.165) is 19.4 Å². The first-order valence-corrected chi connectivity index (χ1v) is 5.87. The molecule has 5 nitrogen and oxygen atoms in total. The lowest BCUT2D eigenvalue weighted by Crippen LogP contribution is -2.47. The Bertz CT molecular complexity index is 256. The largest absolute Gasteiger partial charge is 0.359 e. The zero-order chi connectivity index (χ0) is 12.0. The van der Waals surface area contributed by atoms with Gasteiger partial charge in [-0.05, 0) is 26.3 Å². The lowest BCUT2D eigenvalue weighted by molar-refractivity contribution is -0.126. The van der Waals surface area contributed by atoms with Gasteiger partial charge in [0, 0.05) is 26.1 Å². The zero-order valence-electron chi connectivity index (χ0n) is 10.0. The first kappa shape index (κ1) is 13.0. The van der Waals surface area contributed by atoms with Crippen LogP contribution in [0.5, 0.6) is 0 Å². The summed E-state index contributed by atoms with van der Waals surface area (Å²) >= 11 is 0. The molecule has 0 radical (unpaired) electrons. The summed E-state index contributed by atoms with van der Waals surface area (Å²) in [6.07, 6.45) is 2.31. The number of amides is 2. The predicted molar refractivity (Wildman–Crippen MR) is 61.9 cm³/mol. The second-order valence-corrected chi connectivity index (χ2v) is 4.21. The van der Waals surface area contributed by atoms with Gasteiger partial charge in [0.1, 0.15) is 0 Å². The van der Waals surface area contributed by atoms with Crippen LogP contribution in [0.2, 0.25) is 0 Å². The van der Waals surface area contributed by atoms with Crippen LogP contribution in [0.25, 0.3) is 0 Å². The molecule has 16 heavy (non-hydrogen) atoms. The van der Waals surface area contributed by atoms with Crippen LogP contribution in [0.1, 0.15) is 26.2 Å². The number of nitrogens with one attached hydrogen (secondary N) is 3. The molecule has 5 heteroatoms. The topological polar surface area (TPSA) is 70.2 Å². The van der Waals surface area contributed by atoms with Crippen LogP contribution in [0.15, 0.2) is 0 Å². The van der Waals surface area contributed by atoms with Crippen molar-refractivity contribution in [3.05, 3.63) is 0 Å². The molecule has 1 aliphatic rings. The van der Waals surface area contributed by atoms with Crippen LogP contribution in [-0.2, 0) is 9.59 Å². The third-order valence-corrected chi connectivity index (χ3v) is 3.03. The molecule has 2 unspecified atom stereocenters. The van der Waals surface area contributed by atoms with E-state index in [1.54, 1.807) is 7.05 Å². The second-order valence-electron chi connectivity index (χ2n) is 4.21. The summed E-state index contributed by atoms with van der Waals surface area (Å²) in [4.78, 5) is 22.8. The Labute approximate surface area is 96.4 Å². The van der Waals surface area contributed by atoms with E-state index in [1.165, 1.54) is 0 Å². The van der Waals surface area contributed by atoms with E-state index < -0.39 is 0 Å². The van der Waals surface area contributed by atoms with Crippen LogP contribution < -0.4 is 16.0 Å². The zero-order valence-corrected chi connectivity index (χ0v) is 10.0. The van der Waals surface area contributed by atoms with Crippen molar-refractivity contribution in [2.24, 2.45) is 5.92 Å². The molecule has 0 bridgehead atoms. The maximum Gasteiger partial charge on any atom is 0.224 e. The molecule has 1 heterocycles. The summed E-state index contributed by atoms with van der Waals surface area (Å²) in [6, 6.07) is 0.230. The van der Waals surface area contributed by atoms with Gasteiger partial charge in [-0.3, -0.25) is 9.59 Å². The molecular weight excluding hydrogens is 206 g/mol. The monoisotopic (exact) mass is 227 g/mol. The van der Waals surface area contributed by atoms with Crippen molar-refractivity contribution in [2.45, 2.75) is 32.2 Å². The fraction of sp³-hybridized carbons (Fsp3) is 0.818. The van der Waals surface area contributed by atoms with E-state index in [9.17, 15) is 9.59 Å². The minimum Gasteiger partial charge on any atom is -0.359 e. The molecule has 3 N–H and O–H groups in total. The molecule has 0 aromatic rings. The van der Waals surface area contributed by atoms with Gasteiger partial charge in [0.05, 0.1) is 5.92 Å². The molecule has 0 saturated carbocycles. The molecule has 1 rings (SSSR count). The quantitative estimate of drug-likeness (QED) is 0.613. The van der Waals surface area contributed by atoms with E-state index in [-0.39, 0.29) is 23.8 Å². The van der Waals surface area contributed by atoms with Crippen molar-refractivity contribution in [1.29, 1.82) is 0 Å². The molecule has 92 valence electrons. The minimum atomic E-state index is -0.0462. The SMILES string of the molecule is CNC(=O)CCNC(=O)C1CCCNC1C. The normalized spacial score (nSPS) is 24.9. The summed E-state index contributed by atoms with van der Waals surface area (Å²) in [5, 5.41) is 8.62. The second kappa shape index (κ2) is 6.48. The van der Waals surface area contributed by atoms with Gasteiger partial charge in [-0.2, -0.15) is 0 Å². The van der Waals surface area contributed by atoms with Gasteiger partial charge in [0.25, 0.3) is 0 Å². The van der Waals surface area contributed by atoms with Gasteiger partial charge in [-0.1, -0.05) is 0 Å². The molecule has 0 spiro atoms. The minimum absolute atomic E-state index is 0.0402. The number of carbonyl (C=O) groups excluding carboxylic acids is 2. The number of piperidine rings is 1. The molecule has 0 aromatic carbocycles. The summed E-state index contributed by atoms with van der Waals surface area (Å²) in [5.41, 5.74) is 0. The molecule has 1 fully saturated rings. The third kappa shape index (κ3) is 3.81. The van der Waals surface area contributed by atoms with E-state index in [2.05, 4.69) is 16.0 Å². The smallest absolute Gasteiger partial charge is 0.224 e. The van der Waals surface area contributed by atoms with Crippen molar-refractivity contribution in [1.82, 2.24) is 16.0 Å². The van der Waals surface area contributed by atoms with E-state index >= 15 is 0 Å². The Morgan fingerprint density at radius 1 is 1.44 bits per heavy atom. The van der Waals surface area contributed by atoms with Gasteiger partial charge in [-0.15, -0.1) is 0 Å². The first-order valence-electron chi connectivity index (χ1n) is 5.87. The lowest BCUT2D eigenvalue weighted by atomic mass is 9.91. The molecule has 1 saturated heterocycles. The van der Waals surface area contributed by atoms with Crippen LogP contribution in [0, 0.1) is 5.92 Å².